The molecule has 0 N–H and O–H groups in total. The van der Waals surface area contributed by atoms with Crippen molar-refractivity contribution in [2.75, 3.05) is 0 Å². The summed E-state index contributed by atoms with van der Waals surface area (Å²) in [5.41, 5.74) is 0.774. The lowest BCUT2D eigenvalue weighted by Crippen LogP contribution is -1.79. The largest absolute Gasteiger partial charge is 0.303 e. The van der Waals surface area contributed by atoms with E-state index in [2.05, 4.69) is 0 Å². The van der Waals surface area contributed by atoms with E-state index in [1.165, 1.54) is 0 Å². The molecule has 62 valence electrons. The van der Waals surface area contributed by atoms with Gasteiger partial charge in [-0.1, -0.05) is 6.08 Å². The summed E-state index contributed by atoms with van der Waals surface area (Å²) in [6, 6.07) is 0. The minimum Gasteiger partial charge on any atom is -0.303 e. The normalized spacial score (nSPS) is 11.2. The molecule has 2 heteroatoms. The maximum Gasteiger partial charge on any atom is 0.145 e. The van der Waals surface area contributed by atoms with Crippen LogP contribution in [0.1, 0.15) is 32.6 Å². The molecule has 0 aromatic heterocycles. The van der Waals surface area contributed by atoms with Crippen LogP contribution < -0.4 is 0 Å². The lowest BCUT2D eigenvalue weighted by Gasteiger charge is -1.91. The molecule has 0 rings (SSSR count). The van der Waals surface area contributed by atoms with Crippen molar-refractivity contribution < 1.29 is 9.59 Å². The average Bonchev–Trinajstić information content (AvgIpc) is 2.04. The molecule has 0 saturated heterocycles. The number of carbonyl (C=O) groups excluding carboxylic acids is 2. The van der Waals surface area contributed by atoms with Gasteiger partial charge in [0.1, 0.15) is 12.6 Å². The number of carbonyl (C=O) groups is 2. The monoisotopic (exact) mass is 154 g/mol. The second kappa shape index (κ2) is 7.19. The van der Waals surface area contributed by atoms with Crippen LogP contribution in [0.25, 0.3) is 0 Å². The van der Waals surface area contributed by atoms with Crippen LogP contribution in [0.15, 0.2) is 11.6 Å². The van der Waals surface area contributed by atoms with Gasteiger partial charge >= 0.3 is 0 Å². The predicted octanol–water partition coefficient (Wildman–Crippen LogP) is 1.89. The Morgan fingerprint density at radius 2 is 1.82 bits per heavy atom. The maximum absolute atomic E-state index is 10.1. The summed E-state index contributed by atoms with van der Waals surface area (Å²) in [4.78, 5) is 20.0. The van der Waals surface area contributed by atoms with Crippen molar-refractivity contribution in [1.29, 1.82) is 0 Å². The number of allylic oxidation sites excluding steroid dienone is 2. The van der Waals surface area contributed by atoms with E-state index in [-0.39, 0.29) is 0 Å². The molecular formula is C9H14O2. The van der Waals surface area contributed by atoms with E-state index in [1.807, 2.05) is 6.08 Å². The van der Waals surface area contributed by atoms with Crippen molar-refractivity contribution in [3.8, 4) is 0 Å². The highest BCUT2D eigenvalue weighted by Gasteiger charge is 1.86. The molecule has 0 unspecified atom stereocenters. The Kier molecular flexibility index (Phi) is 6.59. The zero-order valence-electron chi connectivity index (χ0n) is 6.88. The molecule has 0 aromatic carbocycles. The summed E-state index contributed by atoms with van der Waals surface area (Å²) in [7, 11) is 0. The number of rotatable bonds is 6. The highest BCUT2D eigenvalue weighted by molar-refractivity contribution is 5.71. The van der Waals surface area contributed by atoms with Crippen molar-refractivity contribution in [2.24, 2.45) is 0 Å². The number of hydrogen-bond acceptors (Lipinski definition) is 2. The van der Waals surface area contributed by atoms with Crippen LogP contribution >= 0.6 is 0 Å². The van der Waals surface area contributed by atoms with Gasteiger partial charge in [0.2, 0.25) is 0 Å². The third kappa shape index (κ3) is 6.97. The smallest absolute Gasteiger partial charge is 0.145 e. The van der Waals surface area contributed by atoms with Gasteiger partial charge in [-0.05, 0) is 31.8 Å². The quantitative estimate of drug-likeness (QED) is 0.332. The van der Waals surface area contributed by atoms with Gasteiger partial charge in [0, 0.05) is 6.42 Å². The molecule has 0 radical (unpaired) electrons. The first-order valence-corrected chi connectivity index (χ1v) is 3.87. The highest BCUT2D eigenvalue weighted by atomic mass is 16.1. The van der Waals surface area contributed by atoms with Crippen LogP contribution in [0.5, 0.6) is 0 Å². The van der Waals surface area contributed by atoms with E-state index >= 15 is 0 Å². The number of hydrogen-bond donors (Lipinski definition) is 0. The number of unbranched alkanes of at least 4 members (excludes halogenated alkanes) is 3. The molecule has 11 heavy (non-hydrogen) atoms. The van der Waals surface area contributed by atoms with Gasteiger partial charge in [-0.2, -0.15) is 0 Å². The summed E-state index contributed by atoms with van der Waals surface area (Å²) in [6.45, 7) is 1.78. The van der Waals surface area contributed by atoms with Crippen molar-refractivity contribution in [1.82, 2.24) is 0 Å². The van der Waals surface area contributed by atoms with Gasteiger partial charge in [-0.25, -0.2) is 0 Å². The fraction of sp³-hybridized carbons (Fsp3) is 0.556. The first kappa shape index (κ1) is 10.1. The first-order chi connectivity index (χ1) is 5.31. The Morgan fingerprint density at radius 3 is 2.36 bits per heavy atom. The molecule has 0 aliphatic carbocycles. The van der Waals surface area contributed by atoms with Gasteiger partial charge in [0.05, 0.1) is 0 Å². The topological polar surface area (TPSA) is 34.1 Å². The third-order valence-corrected chi connectivity index (χ3v) is 1.43. The second-order valence-electron chi connectivity index (χ2n) is 2.52. The van der Waals surface area contributed by atoms with Crippen LogP contribution in [-0.4, -0.2) is 12.6 Å². The van der Waals surface area contributed by atoms with Crippen molar-refractivity contribution in [3.63, 3.8) is 0 Å². The molecule has 0 amide bonds. The van der Waals surface area contributed by atoms with E-state index in [0.717, 1.165) is 37.4 Å². The molecule has 0 fully saturated rings. The summed E-state index contributed by atoms with van der Waals surface area (Å²) in [6.07, 6.45) is 7.12. The van der Waals surface area contributed by atoms with Crippen molar-refractivity contribution >= 4 is 12.6 Å². The van der Waals surface area contributed by atoms with Crippen LogP contribution in [0, 0.1) is 0 Å². The van der Waals surface area contributed by atoms with Crippen molar-refractivity contribution in [2.45, 2.75) is 32.6 Å². The SMILES string of the molecule is C/C(C=O)=C/CCCCC=O. The predicted molar refractivity (Wildman–Crippen MR) is 44.4 cm³/mol. The fourth-order valence-corrected chi connectivity index (χ4v) is 0.750. The Labute approximate surface area is 67.3 Å². The molecule has 0 bridgehead atoms. The third-order valence-electron chi connectivity index (χ3n) is 1.43. The van der Waals surface area contributed by atoms with E-state index in [0.29, 0.717) is 6.42 Å². The molecule has 0 saturated carbocycles. The van der Waals surface area contributed by atoms with Crippen molar-refractivity contribution in [3.05, 3.63) is 11.6 Å². The molecule has 0 aliphatic rings. The van der Waals surface area contributed by atoms with Crippen LogP contribution in [0.3, 0.4) is 0 Å². The second-order valence-corrected chi connectivity index (χ2v) is 2.52. The first-order valence-electron chi connectivity index (χ1n) is 3.87. The molecule has 0 spiro atoms. The van der Waals surface area contributed by atoms with Crippen LogP contribution in [0.2, 0.25) is 0 Å². The lowest BCUT2D eigenvalue weighted by molar-refractivity contribution is -0.108. The van der Waals surface area contributed by atoms with Gasteiger partial charge in [0.25, 0.3) is 0 Å². The van der Waals surface area contributed by atoms with E-state index in [1.54, 1.807) is 6.92 Å². The van der Waals surface area contributed by atoms with Gasteiger partial charge < -0.3 is 4.79 Å². The number of aldehydes is 2. The van der Waals surface area contributed by atoms with Gasteiger partial charge in [-0.3, -0.25) is 4.79 Å². The Balaban J connectivity index is 3.25. The zero-order chi connectivity index (χ0) is 8.53. The zero-order valence-corrected chi connectivity index (χ0v) is 6.88. The Bertz CT molecular complexity index is 148. The van der Waals surface area contributed by atoms with E-state index in [4.69, 9.17) is 0 Å². The molecule has 2 nitrogen and oxygen atoms in total. The molecule has 0 aliphatic heterocycles. The Hall–Kier alpha value is -0.920. The average molecular weight is 154 g/mol. The Morgan fingerprint density at radius 1 is 1.18 bits per heavy atom. The van der Waals surface area contributed by atoms with Gasteiger partial charge in [-0.15, -0.1) is 0 Å². The minimum absolute atomic E-state index is 0.633. The molecule has 0 heterocycles. The van der Waals surface area contributed by atoms with Crippen LogP contribution in [-0.2, 0) is 9.59 Å². The van der Waals surface area contributed by atoms with E-state index < -0.39 is 0 Å². The summed E-state index contributed by atoms with van der Waals surface area (Å²) in [5.74, 6) is 0. The molecular weight excluding hydrogens is 140 g/mol. The summed E-state index contributed by atoms with van der Waals surface area (Å²) < 4.78 is 0. The fourth-order valence-electron chi connectivity index (χ4n) is 0.750. The molecule has 0 aromatic rings. The molecule has 0 atom stereocenters. The summed E-state index contributed by atoms with van der Waals surface area (Å²) in [5, 5.41) is 0. The van der Waals surface area contributed by atoms with Crippen LogP contribution in [0.4, 0.5) is 0 Å². The highest BCUT2D eigenvalue weighted by Crippen LogP contribution is 2.00. The van der Waals surface area contributed by atoms with E-state index in [9.17, 15) is 9.59 Å². The maximum atomic E-state index is 10.1. The van der Waals surface area contributed by atoms with Gasteiger partial charge in [0.15, 0.2) is 0 Å². The summed E-state index contributed by atoms with van der Waals surface area (Å²) >= 11 is 0. The minimum atomic E-state index is 0.633. The lowest BCUT2D eigenvalue weighted by atomic mass is 10.1. The standard InChI is InChI=1S/C9H14O2/c1-9(8-11)6-4-2-3-5-7-10/h6-8H,2-5H2,1H3/b9-6-.